The minimum Gasteiger partial charge on any atom is -0.492 e. The van der Waals surface area contributed by atoms with Gasteiger partial charge >= 0.3 is 0 Å². The van der Waals surface area contributed by atoms with Crippen molar-refractivity contribution >= 4 is 34.1 Å². The maximum atomic E-state index is 12.4. The Bertz CT molecular complexity index is 1080. The normalized spacial score (nSPS) is 14.2. The molecule has 1 aliphatic heterocycles. The number of amides is 1. The van der Waals surface area contributed by atoms with Crippen molar-refractivity contribution in [1.82, 2.24) is 16.1 Å². The highest BCUT2D eigenvalue weighted by Crippen LogP contribution is 2.26. The third kappa shape index (κ3) is 5.56. The zero-order valence-corrected chi connectivity index (χ0v) is 18.2. The zero-order valence-electron chi connectivity index (χ0n) is 17.4. The molecule has 0 aliphatic carbocycles. The number of piperidine rings is 1. The third-order valence-electron chi connectivity index (χ3n) is 5.17. The predicted octanol–water partition coefficient (Wildman–Crippen LogP) is 3.03. The number of nitrogens with one attached hydrogen (secondary N) is 3. The molecule has 0 bridgehead atoms. The molecular formula is C23H25N3O5S. The van der Waals surface area contributed by atoms with Crippen molar-refractivity contribution in [3.8, 4) is 11.5 Å². The lowest BCUT2D eigenvalue weighted by atomic mass is 10.1. The smallest absolute Gasteiger partial charge is 0.287 e. The lowest BCUT2D eigenvalue weighted by molar-refractivity contribution is 0.0921. The molecule has 9 heteroatoms. The molecule has 0 atom stereocenters. The second kappa shape index (κ2) is 10.4. The highest BCUT2D eigenvalue weighted by atomic mass is 32.1. The lowest BCUT2D eigenvalue weighted by Gasteiger charge is -2.23. The molecule has 8 nitrogen and oxygen atoms in total. The first kappa shape index (κ1) is 22.1. The van der Waals surface area contributed by atoms with E-state index >= 15 is 0 Å². The van der Waals surface area contributed by atoms with Crippen molar-refractivity contribution < 1.29 is 23.9 Å². The van der Waals surface area contributed by atoms with Crippen LogP contribution in [-0.2, 0) is 0 Å². The van der Waals surface area contributed by atoms with Gasteiger partial charge in [-0.1, -0.05) is 12.2 Å². The van der Waals surface area contributed by atoms with Crippen LogP contribution in [0.5, 0.6) is 11.5 Å². The van der Waals surface area contributed by atoms with Crippen molar-refractivity contribution in [1.29, 1.82) is 0 Å². The Kier molecular flexibility index (Phi) is 7.21. The van der Waals surface area contributed by atoms with E-state index < -0.39 is 0 Å². The van der Waals surface area contributed by atoms with Gasteiger partial charge in [-0.3, -0.25) is 15.5 Å². The maximum absolute atomic E-state index is 12.4. The topological polar surface area (TPSA) is 105 Å². The summed E-state index contributed by atoms with van der Waals surface area (Å²) in [6.45, 7) is 2.54. The Balaban J connectivity index is 1.27. The minimum absolute atomic E-state index is 0.211. The fraction of sp³-hybridized carbons (Fsp3) is 0.304. The van der Waals surface area contributed by atoms with Gasteiger partial charge < -0.3 is 24.5 Å². The van der Waals surface area contributed by atoms with Gasteiger partial charge in [0.05, 0.1) is 6.54 Å². The highest BCUT2D eigenvalue weighted by Gasteiger charge is 2.16. The van der Waals surface area contributed by atoms with Crippen molar-refractivity contribution in [2.75, 3.05) is 26.2 Å². The zero-order chi connectivity index (χ0) is 22.3. The van der Waals surface area contributed by atoms with Gasteiger partial charge in [-0.05, 0) is 74.5 Å². The molecular weight excluding hydrogens is 430 g/mol. The summed E-state index contributed by atoms with van der Waals surface area (Å²) < 4.78 is 17.4. The first-order valence-electron chi connectivity index (χ1n) is 10.5. The molecule has 0 spiro atoms. The van der Waals surface area contributed by atoms with E-state index in [1.807, 2.05) is 23.7 Å². The standard InChI is InChI=1S/C23H25N3O5S/c27-22(25-11-12-29-17-3-1-15(2-4-17)23(32)26-28)21-14-16-13-19(5-6-20(16)31-21)30-18-7-9-24-10-8-18/h1-6,13-14,18,24,28H,7-12H2,(H,25,27)(H,26,32). The Hall–Kier alpha value is -3.14. The monoisotopic (exact) mass is 455 g/mol. The molecule has 2 heterocycles. The van der Waals surface area contributed by atoms with Gasteiger partial charge in [-0.2, -0.15) is 0 Å². The molecule has 2 aromatic carbocycles. The molecule has 0 unspecified atom stereocenters. The molecule has 4 rings (SSSR count). The number of rotatable bonds is 8. The van der Waals surface area contributed by atoms with Crippen molar-refractivity contribution in [2.45, 2.75) is 18.9 Å². The number of furan rings is 1. The van der Waals surface area contributed by atoms with Crippen LogP contribution in [0.25, 0.3) is 11.0 Å². The van der Waals surface area contributed by atoms with E-state index in [-0.39, 0.29) is 22.8 Å². The average Bonchev–Trinajstić information content (AvgIpc) is 3.26. The number of ether oxygens (including phenoxy) is 2. The van der Waals surface area contributed by atoms with Crippen LogP contribution in [0.2, 0.25) is 0 Å². The van der Waals surface area contributed by atoms with E-state index in [2.05, 4.69) is 10.6 Å². The minimum atomic E-state index is -0.305. The molecule has 1 aromatic heterocycles. The van der Waals surface area contributed by atoms with Crippen LogP contribution in [0, 0.1) is 0 Å². The van der Waals surface area contributed by atoms with E-state index in [1.54, 1.807) is 30.3 Å². The molecule has 3 aromatic rings. The van der Waals surface area contributed by atoms with Crippen molar-refractivity contribution in [2.24, 2.45) is 0 Å². The van der Waals surface area contributed by atoms with E-state index in [0.29, 0.717) is 30.0 Å². The van der Waals surface area contributed by atoms with E-state index in [0.717, 1.165) is 37.1 Å². The van der Waals surface area contributed by atoms with E-state index in [1.165, 1.54) is 0 Å². The Morgan fingerprint density at radius 1 is 1.12 bits per heavy atom. The van der Waals surface area contributed by atoms with Crippen LogP contribution in [0.3, 0.4) is 0 Å². The largest absolute Gasteiger partial charge is 0.492 e. The lowest BCUT2D eigenvalue weighted by Crippen LogP contribution is -2.34. The summed E-state index contributed by atoms with van der Waals surface area (Å²) in [5.41, 5.74) is 3.25. The Labute approximate surface area is 190 Å². The molecule has 1 saturated heterocycles. The summed E-state index contributed by atoms with van der Waals surface area (Å²) in [5, 5.41) is 15.8. The molecule has 1 fully saturated rings. The van der Waals surface area contributed by atoms with Gasteiger partial charge in [0.2, 0.25) is 0 Å². The number of fused-ring (bicyclic) bond motifs is 1. The third-order valence-corrected chi connectivity index (χ3v) is 5.50. The van der Waals surface area contributed by atoms with E-state index in [4.69, 9.17) is 31.3 Å². The summed E-state index contributed by atoms with van der Waals surface area (Å²) >= 11 is 4.95. The SMILES string of the molecule is O=C(NCCOc1ccc(C(=S)NO)cc1)c1cc2cc(OC3CCNCC3)ccc2o1. The summed E-state index contributed by atoms with van der Waals surface area (Å²) in [7, 11) is 0. The quantitative estimate of drug-likeness (QED) is 0.233. The molecule has 0 radical (unpaired) electrons. The Morgan fingerprint density at radius 3 is 2.62 bits per heavy atom. The van der Waals surface area contributed by atoms with E-state index in [9.17, 15) is 4.79 Å². The summed E-state index contributed by atoms with van der Waals surface area (Å²) in [4.78, 5) is 12.7. The summed E-state index contributed by atoms with van der Waals surface area (Å²) in [5.74, 6) is 1.36. The second-order valence-corrected chi connectivity index (χ2v) is 7.86. The van der Waals surface area contributed by atoms with Crippen LogP contribution in [0.15, 0.2) is 52.9 Å². The number of carbonyl (C=O) groups is 1. The van der Waals surface area contributed by atoms with Crippen molar-refractivity contribution in [3.05, 3.63) is 59.9 Å². The van der Waals surface area contributed by atoms with Gasteiger partial charge in [-0.25, -0.2) is 0 Å². The number of carbonyl (C=O) groups excluding carboxylic acids is 1. The van der Waals surface area contributed by atoms with Gasteiger partial charge in [0, 0.05) is 10.9 Å². The van der Waals surface area contributed by atoms with Crippen LogP contribution >= 0.6 is 12.2 Å². The first-order valence-corrected chi connectivity index (χ1v) is 10.9. The molecule has 4 N–H and O–H groups in total. The van der Waals surface area contributed by atoms with Crippen LogP contribution in [-0.4, -0.2) is 48.4 Å². The first-order chi connectivity index (χ1) is 15.6. The van der Waals surface area contributed by atoms with Crippen LogP contribution in [0.1, 0.15) is 29.0 Å². The highest BCUT2D eigenvalue weighted by molar-refractivity contribution is 7.80. The number of benzene rings is 2. The molecule has 0 saturated carbocycles. The van der Waals surface area contributed by atoms with Crippen LogP contribution in [0.4, 0.5) is 0 Å². The number of hydrogen-bond donors (Lipinski definition) is 4. The van der Waals surface area contributed by atoms with Gasteiger partial charge in [0.15, 0.2) is 5.76 Å². The van der Waals surface area contributed by atoms with Gasteiger partial charge in [0.1, 0.15) is 34.8 Å². The number of hydrogen-bond acceptors (Lipinski definition) is 7. The maximum Gasteiger partial charge on any atom is 0.287 e. The second-order valence-electron chi connectivity index (χ2n) is 7.45. The number of thiocarbonyl (C=S) groups is 1. The summed E-state index contributed by atoms with van der Waals surface area (Å²) in [6.07, 6.45) is 2.18. The molecule has 168 valence electrons. The fourth-order valence-corrected chi connectivity index (χ4v) is 3.64. The van der Waals surface area contributed by atoms with Gasteiger partial charge in [0.25, 0.3) is 5.91 Å². The molecule has 1 aliphatic rings. The summed E-state index contributed by atoms with van der Waals surface area (Å²) in [6, 6.07) is 14.3. The average molecular weight is 456 g/mol. The van der Waals surface area contributed by atoms with Crippen LogP contribution < -0.4 is 25.6 Å². The Morgan fingerprint density at radius 2 is 1.88 bits per heavy atom. The van der Waals surface area contributed by atoms with Crippen molar-refractivity contribution in [3.63, 3.8) is 0 Å². The predicted molar refractivity (Wildman–Crippen MR) is 124 cm³/mol. The fourth-order valence-electron chi connectivity index (χ4n) is 3.50. The molecule has 32 heavy (non-hydrogen) atoms. The number of hydroxylamine groups is 1. The van der Waals surface area contributed by atoms with Gasteiger partial charge in [-0.15, -0.1) is 0 Å². The molecule has 1 amide bonds.